The van der Waals surface area contributed by atoms with E-state index in [0.29, 0.717) is 5.92 Å². The van der Waals surface area contributed by atoms with Gasteiger partial charge < -0.3 is 5.11 Å². The molecule has 0 aromatic carbocycles. The molecule has 1 fully saturated rings. The van der Waals surface area contributed by atoms with Gasteiger partial charge in [-0.25, -0.2) is 0 Å². The second-order valence-corrected chi connectivity index (χ2v) is 3.65. The molecule has 70 valence electrons. The van der Waals surface area contributed by atoms with Gasteiger partial charge >= 0.3 is 5.97 Å². The van der Waals surface area contributed by atoms with Crippen molar-refractivity contribution in [3.05, 3.63) is 0 Å². The van der Waals surface area contributed by atoms with Crippen molar-refractivity contribution in [1.82, 2.24) is 4.90 Å². The third kappa shape index (κ3) is 1.97. The maximum Gasteiger partial charge on any atom is 0.320 e. The number of likely N-dealkylation sites (tertiary alicyclic amines) is 1. The Morgan fingerprint density at radius 1 is 1.58 bits per heavy atom. The van der Waals surface area contributed by atoms with E-state index in [1.165, 1.54) is 0 Å². The Morgan fingerprint density at radius 3 is 2.67 bits per heavy atom. The molecule has 0 aromatic rings. The van der Waals surface area contributed by atoms with E-state index in [1.807, 2.05) is 11.9 Å². The summed E-state index contributed by atoms with van der Waals surface area (Å²) in [4.78, 5) is 12.7. The monoisotopic (exact) mass is 171 g/mol. The molecule has 1 N–H and O–H groups in total. The summed E-state index contributed by atoms with van der Waals surface area (Å²) in [6.07, 6.45) is 3.04. The van der Waals surface area contributed by atoms with Crippen LogP contribution in [0.2, 0.25) is 0 Å². The highest BCUT2D eigenvalue weighted by atomic mass is 16.4. The molecule has 1 saturated heterocycles. The molecular formula is C9H17NO2. The summed E-state index contributed by atoms with van der Waals surface area (Å²) in [5, 5.41) is 8.83. The quantitative estimate of drug-likeness (QED) is 0.678. The van der Waals surface area contributed by atoms with Crippen molar-refractivity contribution in [3.8, 4) is 0 Å². The highest BCUT2D eigenvalue weighted by Crippen LogP contribution is 2.22. The molecule has 0 aromatic heterocycles. The summed E-state index contributed by atoms with van der Waals surface area (Å²) >= 11 is 0. The molecule has 2 unspecified atom stereocenters. The predicted octanol–water partition coefficient (Wildman–Crippen LogP) is 1.19. The topological polar surface area (TPSA) is 40.5 Å². The zero-order valence-electron chi connectivity index (χ0n) is 7.79. The van der Waals surface area contributed by atoms with Gasteiger partial charge in [0.1, 0.15) is 6.04 Å². The number of nitrogens with zero attached hydrogens (tertiary/aromatic N) is 1. The summed E-state index contributed by atoms with van der Waals surface area (Å²) in [5.74, 6) is 0.0256. The minimum absolute atomic E-state index is 0.243. The average molecular weight is 171 g/mol. The Hall–Kier alpha value is -0.570. The van der Waals surface area contributed by atoms with Gasteiger partial charge in [-0.3, -0.25) is 9.69 Å². The molecule has 0 bridgehead atoms. The fourth-order valence-corrected chi connectivity index (χ4v) is 1.88. The molecular weight excluding hydrogens is 154 g/mol. The Labute approximate surface area is 73.4 Å². The lowest BCUT2D eigenvalue weighted by Crippen LogP contribution is -2.45. The minimum Gasteiger partial charge on any atom is -0.480 e. The van der Waals surface area contributed by atoms with Crippen LogP contribution in [0, 0.1) is 5.92 Å². The van der Waals surface area contributed by atoms with Crippen LogP contribution in [-0.4, -0.2) is 35.6 Å². The Morgan fingerprint density at radius 2 is 2.25 bits per heavy atom. The highest BCUT2D eigenvalue weighted by Gasteiger charge is 2.29. The zero-order valence-corrected chi connectivity index (χ0v) is 7.79. The van der Waals surface area contributed by atoms with Gasteiger partial charge in [-0.2, -0.15) is 0 Å². The Bertz CT molecular complexity index is 170. The zero-order chi connectivity index (χ0) is 9.14. The van der Waals surface area contributed by atoms with E-state index < -0.39 is 5.97 Å². The molecule has 3 nitrogen and oxygen atoms in total. The van der Waals surface area contributed by atoms with Gasteiger partial charge in [0.25, 0.3) is 0 Å². The smallest absolute Gasteiger partial charge is 0.320 e. The Kier molecular flexibility index (Phi) is 3.09. The molecule has 0 spiro atoms. The summed E-state index contributed by atoms with van der Waals surface area (Å²) in [6.45, 7) is 3.10. The number of likely N-dealkylation sites (N-methyl/N-ethyl adjacent to an activating group) is 1. The lowest BCUT2D eigenvalue weighted by atomic mass is 9.91. The van der Waals surface area contributed by atoms with Gasteiger partial charge in [-0.1, -0.05) is 13.3 Å². The van der Waals surface area contributed by atoms with Crippen LogP contribution in [-0.2, 0) is 4.79 Å². The number of hydrogen-bond donors (Lipinski definition) is 1. The molecule has 1 heterocycles. The van der Waals surface area contributed by atoms with Crippen LogP contribution in [0.3, 0.4) is 0 Å². The molecule has 1 aliphatic heterocycles. The fourth-order valence-electron chi connectivity index (χ4n) is 1.88. The molecule has 2 atom stereocenters. The molecule has 0 radical (unpaired) electrons. The second kappa shape index (κ2) is 3.90. The summed E-state index contributed by atoms with van der Waals surface area (Å²) in [6, 6.07) is -0.243. The van der Waals surface area contributed by atoms with Crippen LogP contribution in [0.1, 0.15) is 26.2 Å². The fraction of sp³-hybridized carbons (Fsp3) is 0.889. The third-order valence-corrected chi connectivity index (χ3v) is 2.79. The number of carboxylic acid groups (broad SMARTS) is 1. The van der Waals surface area contributed by atoms with Gasteiger partial charge in [-0.15, -0.1) is 0 Å². The van der Waals surface area contributed by atoms with E-state index in [1.54, 1.807) is 0 Å². The molecule has 1 rings (SSSR count). The molecule has 12 heavy (non-hydrogen) atoms. The number of carboxylic acids is 1. The minimum atomic E-state index is -0.674. The van der Waals surface area contributed by atoms with E-state index in [0.717, 1.165) is 25.8 Å². The van der Waals surface area contributed by atoms with Crippen molar-refractivity contribution < 1.29 is 9.90 Å². The SMILES string of the molecule is CCC1CCC(C(=O)O)N(C)C1. The number of piperidine rings is 1. The van der Waals surface area contributed by atoms with Crippen LogP contribution in [0.25, 0.3) is 0 Å². The van der Waals surface area contributed by atoms with E-state index in [4.69, 9.17) is 5.11 Å². The first-order chi connectivity index (χ1) is 5.65. The first-order valence-electron chi connectivity index (χ1n) is 4.58. The standard InChI is InChI=1S/C9H17NO2/c1-3-7-4-5-8(9(11)12)10(2)6-7/h7-8H,3-6H2,1-2H3,(H,11,12). The van der Waals surface area contributed by atoms with E-state index in [9.17, 15) is 4.79 Å². The number of aliphatic carboxylic acids is 1. The second-order valence-electron chi connectivity index (χ2n) is 3.65. The van der Waals surface area contributed by atoms with Crippen molar-refractivity contribution in [3.63, 3.8) is 0 Å². The van der Waals surface area contributed by atoms with Gasteiger partial charge in [0, 0.05) is 6.54 Å². The van der Waals surface area contributed by atoms with E-state index in [2.05, 4.69) is 6.92 Å². The lowest BCUT2D eigenvalue weighted by Gasteiger charge is -2.34. The van der Waals surface area contributed by atoms with Crippen molar-refractivity contribution in [2.45, 2.75) is 32.2 Å². The number of rotatable bonds is 2. The average Bonchev–Trinajstić information content (AvgIpc) is 2.03. The van der Waals surface area contributed by atoms with Crippen LogP contribution in [0.5, 0.6) is 0 Å². The summed E-state index contributed by atoms with van der Waals surface area (Å²) in [5.41, 5.74) is 0. The normalized spacial score (nSPS) is 31.8. The molecule has 0 saturated carbocycles. The van der Waals surface area contributed by atoms with Gasteiger partial charge in [0.2, 0.25) is 0 Å². The first kappa shape index (κ1) is 9.52. The van der Waals surface area contributed by atoms with Crippen molar-refractivity contribution in [2.75, 3.05) is 13.6 Å². The van der Waals surface area contributed by atoms with Crippen LogP contribution < -0.4 is 0 Å². The molecule has 0 amide bonds. The molecule has 1 aliphatic rings. The van der Waals surface area contributed by atoms with Crippen molar-refractivity contribution in [2.24, 2.45) is 5.92 Å². The third-order valence-electron chi connectivity index (χ3n) is 2.79. The maximum atomic E-state index is 10.7. The first-order valence-corrected chi connectivity index (χ1v) is 4.58. The lowest BCUT2D eigenvalue weighted by molar-refractivity contribution is -0.144. The van der Waals surface area contributed by atoms with Gasteiger partial charge in [0.05, 0.1) is 0 Å². The largest absolute Gasteiger partial charge is 0.480 e. The van der Waals surface area contributed by atoms with Gasteiger partial charge in [-0.05, 0) is 25.8 Å². The summed E-state index contributed by atoms with van der Waals surface area (Å²) < 4.78 is 0. The van der Waals surface area contributed by atoms with Crippen LogP contribution in [0.15, 0.2) is 0 Å². The number of hydrogen-bond acceptors (Lipinski definition) is 2. The van der Waals surface area contributed by atoms with E-state index in [-0.39, 0.29) is 6.04 Å². The highest BCUT2D eigenvalue weighted by molar-refractivity contribution is 5.73. The Balaban J connectivity index is 2.47. The van der Waals surface area contributed by atoms with Crippen molar-refractivity contribution in [1.29, 1.82) is 0 Å². The van der Waals surface area contributed by atoms with E-state index >= 15 is 0 Å². The molecule has 3 heteroatoms. The predicted molar refractivity (Wildman–Crippen MR) is 47.1 cm³/mol. The van der Waals surface area contributed by atoms with Crippen LogP contribution >= 0.6 is 0 Å². The van der Waals surface area contributed by atoms with Crippen molar-refractivity contribution >= 4 is 5.97 Å². The molecule has 0 aliphatic carbocycles. The number of carbonyl (C=O) groups is 1. The maximum absolute atomic E-state index is 10.7. The summed E-state index contributed by atoms with van der Waals surface area (Å²) in [7, 11) is 1.90. The van der Waals surface area contributed by atoms with Crippen LogP contribution in [0.4, 0.5) is 0 Å². The van der Waals surface area contributed by atoms with Gasteiger partial charge in [0.15, 0.2) is 0 Å².